The van der Waals surface area contributed by atoms with Gasteiger partial charge in [-0.05, 0) is 36.5 Å². The van der Waals surface area contributed by atoms with Gasteiger partial charge in [-0.15, -0.1) is 0 Å². The van der Waals surface area contributed by atoms with Crippen molar-refractivity contribution < 1.29 is 14.3 Å². The van der Waals surface area contributed by atoms with Crippen LogP contribution in [-0.4, -0.2) is 29.8 Å². The van der Waals surface area contributed by atoms with E-state index in [0.29, 0.717) is 12.8 Å². The number of hydrogen-bond acceptors (Lipinski definition) is 2. The molecule has 0 saturated carbocycles. The quantitative estimate of drug-likeness (QED) is 0.724. The van der Waals surface area contributed by atoms with Gasteiger partial charge in [-0.1, -0.05) is 32.9 Å². The van der Waals surface area contributed by atoms with Crippen molar-refractivity contribution in [1.29, 1.82) is 0 Å². The molecular weight excluding hydrogens is 271 g/mol. The molecule has 5 heteroatoms. The Bertz CT molecular complexity index is 430. The van der Waals surface area contributed by atoms with Gasteiger partial charge in [-0.2, -0.15) is 0 Å². The average Bonchev–Trinajstić information content (AvgIpc) is 2.46. The molecule has 2 unspecified atom stereocenters. The second-order valence-corrected chi connectivity index (χ2v) is 5.59. The van der Waals surface area contributed by atoms with Crippen LogP contribution in [0.3, 0.4) is 0 Å². The molecule has 21 heavy (non-hydrogen) atoms. The number of nitrogens with one attached hydrogen (secondary N) is 2. The molecule has 1 aromatic rings. The van der Waals surface area contributed by atoms with Crippen LogP contribution in [0.15, 0.2) is 24.3 Å². The highest BCUT2D eigenvalue weighted by Crippen LogP contribution is 2.11. The van der Waals surface area contributed by atoms with Gasteiger partial charge < -0.3 is 15.7 Å². The molecule has 2 atom stereocenters. The Hall–Kier alpha value is -1.62. The van der Waals surface area contributed by atoms with Crippen LogP contribution in [0.25, 0.3) is 0 Å². The zero-order chi connectivity index (χ0) is 15.8. The lowest BCUT2D eigenvalue weighted by Gasteiger charge is -2.24. The maximum atomic E-state index is 12.9. The Labute approximate surface area is 125 Å². The maximum Gasteiger partial charge on any atom is 0.315 e. The number of benzene rings is 1. The summed E-state index contributed by atoms with van der Waals surface area (Å²) in [7, 11) is 0. The molecule has 0 saturated heterocycles. The summed E-state index contributed by atoms with van der Waals surface area (Å²) in [6, 6.07) is 5.74. The zero-order valence-corrected chi connectivity index (χ0v) is 12.9. The number of rotatable bonds is 7. The first-order valence-electron chi connectivity index (χ1n) is 7.38. The summed E-state index contributed by atoms with van der Waals surface area (Å²) in [5.41, 5.74) is 0.976. The fourth-order valence-corrected chi connectivity index (χ4v) is 2.00. The van der Waals surface area contributed by atoms with E-state index in [0.717, 1.165) is 5.56 Å². The summed E-state index contributed by atoms with van der Waals surface area (Å²) >= 11 is 0. The standard InChI is InChI=1S/C16H25FN2O2/c1-4-14(10-20)18-16(21)19-15(11(2)3)9-12-5-7-13(17)8-6-12/h5-8,11,14-15,20H,4,9-10H2,1-3H3,(H2,18,19,21). The average molecular weight is 296 g/mol. The first-order valence-corrected chi connectivity index (χ1v) is 7.38. The van der Waals surface area contributed by atoms with Gasteiger partial charge in [0.1, 0.15) is 5.82 Å². The highest BCUT2D eigenvalue weighted by Gasteiger charge is 2.18. The fourth-order valence-electron chi connectivity index (χ4n) is 2.00. The van der Waals surface area contributed by atoms with Crippen molar-refractivity contribution in [2.75, 3.05) is 6.61 Å². The Morgan fingerprint density at radius 3 is 2.33 bits per heavy atom. The van der Waals surface area contributed by atoms with Gasteiger partial charge in [0.05, 0.1) is 12.6 Å². The molecule has 4 nitrogen and oxygen atoms in total. The molecule has 0 spiro atoms. The third-order valence-electron chi connectivity index (χ3n) is 3.54. The molecule has 3 N–H and O–H groups in total. The topological polar surface area (TPSA) is 61.4 Å². The van der Waals surface area contributed by atoms with Gasteiger partial charge in [-0.25, -0.2) is 9.18 Å². The second kappa shape index (κ2) is 8.62. The predicted molar refractivity (Wildman–Crippen MR) is 81.6 cm³/mol. The number of hydrogen-bond donors (Lipinski definition) is 3. The fraction of sp³-hybridized carbons (Fsp3) is 0.562. The molecule has 1 rings (SSSR count). The summed E-state index contributed by atoms with van der Waals surface area (Å²) in [5.74, 6) is -0.0192. The van der Waals surface area contributed by atoms with Gasteiger partial charge in [-0.3, -0.25) is 0 Å². The Kier molecular flexibility index (Phi) is 7.15. The molecular formula is C16H25FN2O2. The van der Waals surface area contributed by atoms with Crippen LogP contribution in [0, 0.1) is 11.7 Å². The molecule has 1 aromatic carbocycles. The number of aliphatic hydroxyl groups is 1. The van der Waals surface area contributed by atoms with E-state index < -0.39 is 0 Å². The van der Waals surface area contributed by atoms with Crippen molar-refractivity contribution in [2.45, 2.75) is 45.7 Å². The number of amides is 2. The van der Waals surface area contributed by atoms with Crippen LogP contribution in [0.1, 0.15) is 32.8 Å². The van der Waals surface area contributed by atoms with Gasteiger partial charge in [0, 0.05) is 6.04 Å². The van der Waals surface area contributed by atoms with Crippen LogP contribution in [-0.2, 0) is 6.42 Å². The summed E-state index contributed by atoms with van der Waals surface area (Å²) < 4.78 is 12.9. The minimum absolute atomic E-state index is 0.0494. The summed E-state index contributed by atoms with van der Waals surface area (Å²) in [4.78, 5) is 11.9. The van der Waals surface area contributed by atoms with Crippen LogP contribution in [0.4, 0.5) is 9.18 Å². The zero-order valence-electron chi connectivity index (χ0n) is 12.9. The summed E-state index contributed by atoms with van der Waals surface area (Å²) in [6.45, 7) is 5.88. The molecule has 0 aliphatic carbocycles. The normalized spacial score (nSPS) is 13.8. The van der Waals surface area contributed by atoms with E-state index in [-0.39, 0.29) is 36.5 Å². The molecule has 0 radical (unpaired) electrons. The lowest BCUT2D eigenvalue weighted by Crippen LogP contribution is -2.49. The van der Waals surface area contributed by atoms with Crippen molar-refractivity contribution in [3.8, 4) is 0 Å². The Morgan fingerprint density at radius 2 is 1.86 bits per heavy atom. The van der Waals surface area contributed by atoms with Crippen molar-refractivity contribution >= 4 is 6.03 Å². The SMILES string of the molecule is CCC(CO)NC(=O)NC(Cc1ccc(F)cc1)C(C)C. The van der Waals surface area contributed by atoms with E-state index in [1.165, 1.54) is 12.1 Å². The minimum atomic E-state index is -0.281. The lowest BCUT2D eigenvalue weighted by atomic mass is 9.96. The monoisotopic (exact) mass is 296 g/mol. The predicted octanol–water partition coefficient (Wildman–Crippen LogP) is 2.46. The van der Waals surface area contributed by atoms with Gasteiger partial charge in [0.25, 0.3) is 0 Å². The lowest BCUT2D eigenvalue weighted by molar-refractivity contribution is 0.209. The first kappa shape index (κ1) is 17.4. The highest BCUT2D eigenvalue weighted by molar-refractivity contribution is 5.74. The minimum Gasteiger partial charge on any atom is -0.394 e. The third kappa shape index (κ3) is 6.12. The molecule has 0 bridgehead atoms. The van der Waals surface area contributed by atoms with Crippen LogP contribution in [0.5, 0.6) is 0 Å². The van der Waals surface area contributed by atoms with Crippen molar-refractivity contribution in [1.82, 2.24) is 10.6 Å². The van der Waals surface area contributed by atoms with Crippen LogP contribution >= 0.6 is 0 Å². The highest BCUT2D eigenvalue weighted by atomic mass is 19.1. The van der Waals surface area contributed by atoms with E-state index in [1.807, 2.05) is 20.8 Å². The largest absolute Gasteiger partial charge is 0.394 e. The smallest absolute Gasteiger partial charge is 0.315 e. The van der Waals surface area contributed by atoms with Crippen LogP contribution in [0.2, 0.25) is 0 Å². The number of carbonyl (C=O) groups is 1. The summed E-state index contributed by atoms with van der Waals surface area (Å²) in [5, 5.41) is 14.8. The Morgan fingerprint density at radius 1 is 1.24 bits per heavy atom. The number of urea groups is 1. The molecule has 0 aliphatic rings. The molecule has 0 fully saturated rings. The van der Waals surface area contributed by atoms with E-state index in [9.17, 15) is 9.18 Å². The van der Waals surface area contributed by atoms with Gasteiger partial charge in [0.2, 0.25) is 0 Å². The second-order valence-electron chi connectivity index (χ2n) is 5.59. The Balaban J connectivity index is 2.61. The van der Waals surface area contributed by atoms with Crippen molar-refractivity contribution in [2.24, 2.45) is 5.92 Å². The molecule has 0 aromatic heterocycles. The van der Waals surface area contributed by atoms with Gasteiger partial charge >= 0.3 is 6.03 Å². The van der Waals surface area contributed by atoms with Crippen molar-refractivity contribution in [3.63, 3.8) is 0 Å². The number of aliphatic hydroxyl groups excluding tert-OH is 1. The summed E-state index contributed by atoms with van der Waals surface area (Å²) in [6.07, 6.45) is 1.31. The van der Waals surface area contributed by atoms with E-state index in [2.05, 4.69) is 10.6 Å². The van der Waals surface area contributed by atoms with E-state index in [4.69, 9.17) is 5.11 Å². The molecule has 0 heterocycles. The van der Waals surface area contributed by atoms with E-state index in [1.54, 1.807) is 12.1 Å². The number of carbonyl (C=O) groups excluding carboxylic acids is 1. The van der Waals surface area contributed by atoms with Gasteiger partial charge in [0.15, 0.2) is 0 Å². The molecule has 0 aliphatic heterocycles. The van der Waals surface area contributed by atoms with Crippen molar-refractivity contribution in [3.05, 3.63) is 35.6 Å². The first-order chi connectivity index (χ1) is 9.96. The maximum absolute atomic E-state index is 12.9. The van der Waals surface area contributed by atoms with Crippen LogP contribution < -0.4 is 10.6 Å². The number of halogens is 1. The molecule has 2 amide bonds. The third-order valence-corrected chi connectivity index (χ3v) is 3.54. The molecule has 118 valence electrons. The van der Waals surface area contributed by atoms with E-state index >= 15 is 0 Å².